The van der Waals surface area contributed by atoms with E-state index in [1.807, 2.05) is 13.8 Å². The molecular weight excluding hydrogens is 392 g/mol. The molecule has 10 heteroatoms. The van der Waals surface area contributed by atoms with E-state index >= 15 is 0 Å². The fourth-order valence-electron chi connectivity index (χ4n) is 5.26. The number of aliphatic carboxylic acids is 1. The van der Waals surface area contributed by atoms with Crippen molar-refractivity contribution in [2.45, 2.75) is 70.8 Å². The Labute approximate surface area is 166 Å². The van der Waals surface area contributed by atoms with Crippen LogP contribution in [0.4, 0.5) is 8.78 Å². The van der Waals surface area contributed by atoms with Crippen molar-refractivity contribution in [3.05, 3.63) is 0 Å². The highest BCUT2D eigenvalue weighted by atomic mass is 19.3. The van der Waals surface area contributed by atoms with E-state index in [0.717, 1.165) is 13.8 Å². The Morgan fingerprint density at radius 3 is 2.28 bits per heavy atom. The number of amides is 1. The van der Waals surface area contributed by atoms with Gasteiger partial charge in [-0.1, -0.05) is 0 Å². The van der Waals surface area contributed by atoms with E-state index in [0.29, 0.717) is 6.42 Å². The molecule has 1 heterocycles. The van der Waals surface area contributed by atoms with Crippen LogP contribution in [-0.4, -0.2) is 63.5 Å². The van der Waals surface area contributed by atoms with Crippen molar-refractivity contribution in [1.82, 2.24) is 4.90 Å². The summed E-state index contributed by atoms with van der Waals surface area (Å²) >= 11 is 0. The van der Waals surface area contributed by atoms with Crippen LogP contribution in [0, 0.1) is 23.7 Å². The molecule has 0 aromatic carbocycles. The molecule has 3 aliphatic rings. The quantitative estimate of drug-likeness (QED) is 0.652. The Bertz CT molecular complexity index is 766. The van der Waals surface area contributed by atoms with Crippen LogP contribution < -0.4 is 0 Å². The Morgan fingerprint density at radius 2 is 1.79 bits per heavy atom. The summed E-state index contributed by atoms with van der Waals surface area (Å²) in [5, 5.41) is 8.78. The van der Waals surface area contributed by atoms with Gasteiger partial charge in [-0.25, -0.2) is 4.79 Å². The zero-order valence-electron chi connectivity index (χ0n) is 16.8. The zero-order valence-corrected chi connectivity index (χ0v) is 16.8. The first-order valence-corrected chi connectivity index (χ1v) is 9.55. The molecule has 0 radical (unpaired) electrons. The molecule has 162 valence electrons. The molecule has 1 saturated heterocycles. The number of halogens is 2. The predicted molar refractivity (Wildman–Crippen MR) is 92.7 cm³/mol. The second kappa shape index (κ2) is 6.63. The van der Waals surface area contributed by atoms with Gasteiger partial charge in [-0.05, 0) is 40.0 Å². The van der Waals surface area contributed by atoms with Crippen molar-refractivity contribution in [1.29, 1.82) is 0 Å². The number of alkyl halides is 2. The summed E-state index contributed by atoms with van der Waals surface area (Å²) in [6, 6.07) is -0.557. The third-order valence-corrected chi connectivity index (χ3v) is 6.42. The third-order valence-electron chi connectivity index (χ3n) is 6.42. The van der Waals surface area contributed by atoms with Gasteiger partial charge in [-0.2, -0.15) is 8.78 Å². The van der Waals surface area contributed by atoms with E-state index in [2.05, 4.69) is 0 Å². The molecule has 1 amide bonds. The summed E-state index contributed by atoms with van der Waals surface area (Å²) in [5.74, 6) is -11.3. The van der Waals surface area contributed by atoms with E-state index < -0.39 is 53.3 Å². The minimum Gasteiger partial charge on any atom is -0.477 e. The SMILES string of the molecule is CC(=O)OC1C2CC3C(C(=O)N(C(C)C)C31)C2C(=O)OC(C)(C)C(F)(F)C(=O)O. The Hall–Kier alpha value is -2.26. The van der Waals surface area contributed by atoms with Gasteiger partial charge in [0, 0.05) is 18.9 Å². The van der Waals surface area contributed by atoms with Crippen LogP contribution in [0.1, 0.15) is 41.0 Å². The number of carbonyl (C=O) groups excluding carboxylic acids is 3. The smallest absolute Gasteiger partial charge is 0.380 e. The summed E-state index contributed by atoms with van der Waals surface area (Å²) in [5.41, 5.74) is -2.62. The molecule has 0 spiro atoms. The van der Waals surface area contributed by atoms with Crippen molar-refractivity contribution in [2.75, 3.05) is 0 Å². The minimum atomic E-state index is -4.32. The highest BCUT2D eigenvalue weighted by Gasteiger charge is 2.71. The lowest BCUT2D eigenvalue weighted by molar-refractivity contribution is -0.218. The number of fused-ring (bicyclic) bond motifs is 1. The van der Waals surface area contributed by atoms with Crippen LogP contribution in [0.2, 0.25) is 0 Å². The van der Waals surface area contributed by atoms with Crippen molar-refractivity contribution >= 4 is 23.8 Å². The molecule has 6 unspecified atom stereocenters. The van der Waals surface area contributed by atoms with Gasteiger partial charge in [-0.3, -0.25) is 14.4 Å². The lowest BCUT2D eigenvalue weighted by atomic mass is 9.78. The van der Waals surface area contributed by atoms with Crippen LogP contribution in [0.5, 0.6) is 0 Å². The second-order valence-corrected chi connectivity index (χ2v) is 8.83. The van der Waals surface area contributed by atoms with Crippen LogP contribution in [0.15, 0.2) is 0 Å². The number of esters is 2. The summed E-state index contributed by atoms with van der Waals surface area (Å²) in [7, 11) is 0. The van der Waals surface area contributed by atoms with Gasteiger partial charge in [0.05, 0.1) is 17.9 Å². The molecule has 0 aromatic heterocycles. The normalized spacial score (nSPS) is 33.4. The van der Waals surface area contributed by atoms with Crippen molar-refractivity contribution < 1.29 is 42.5 Å². The third kappa shape index (κ3) is 2.98. The minimum absolute atomic E-state index is 0.195. The molecule has 29 heavy (non-hydrogen) atoms. The Balaban J connectivity index is 1.92. The van der Waals surface area contributed by atoms with Crippen molar-refractivity contribution in [3.8, 4) is 0 Å². The number of hydrogen-bond donors (Lipinski definition) is 1. The summed E-state index contributed by atoms with van der Waals surface area (Å²) in [6.45, 7) is 6.48. The number of rotatable bonds is 6. The molecule has 2 aliphatic carbocycles. The highest BCUT2D eigenvalue weighted by Crippen LogP contribution is 2.60. The molecule has 1 N–H and O–H groups in total. The molecule has 0 aromatic rings. The van der Waals surface area contributed by atoms with Crippen LogP contribution in [0.25, 0.3) is 0 Å². The van der Waals surface area contributed by atoms with Crippen molar-refractivity contribution in [2.24, 2.45) is 23.7 Å². The van der Waals surface area contributed by atoms with E-state index in [-0.39, 0.29) is 23.9 Å². The average molecular weight is 417 g/mol. The fraction of sp³-hybridized carbons (Fsp3) is 0.789. The summed E-state index contributed by atoms with van der Waals surface area (Å²) in [6.07, 6.45) is -0.305. The number of hydrogen-bond acceptors (Lipinski definition) is 6. The highest BCUT2D eigenvalue weighted by molar-refractivity contribution is 5.91. The average Bonchev–Trinajstić information content (AvgIpc) is 3.15. The number of ether oxygens (including phenoxy) is 2. The Kier molecular flexibility index (Phi) is 4.91. The van der Waals surface area contributed by atoms with Crippen LogP contribution in [-0.2, 0) is 28.7 Å². The maximum absolute atomic E-state index is 14.0. The van der Waals surface area contributed by atoms with E-state index in [4.69, 9.17) is 14.6 Å². The first-order valence-electron chi connectivity index (χ1n) is 9.55. The number of carboxylic acid groups (broad SMARTS) is 1. The summed E-state index contributed by atoms with van der Waals surface area (Å²) < 4.78 is 38.4. The molecule has 2 saturated carbocycles. The maximum atomic E-state index is 14.0. The molecule has 3 rings (SSSR count). The lowest BCUT2D eigenvalue weighted by Crippen LogP contribution is -2.54. The predicted octanol–water partition coefficient (Wildman–Crippen LogP) is 1.46. The van der Waals surface area contributed by atoms with E-state index in [1.54, 1.807) is 4.90 Å². The van der Waals surface area contributed by atoms with Gasteiger partial charge >= 0.3 is 23.8 Å². The zero-order chi connectivity index (χ0) is 22.0. The fourth-order valence-corrected chi connectivity index (χ4v) is 5.26. The van der Waals surface area contributed by atoms with Gasteiger partial charge in [-0.15, -0.1) is 0 Å². The first-order chi connectivity index (χ1) is 13.2. The van der Waals surface area contributed by atoms with Gasteiger partial charge in [0.25, 0.3) is 0 Å². The standard InChI is InChI=1S/C19H25F2NO7/c1-7(2)22-13-9-6-10(14(13)28-8(3)23)12(11(9)15(22)24)16(25)29-18(4,5)19(20,21)17(26)27/h7,9-14H,6H2,1-5H3,(H,26,27). The van der Waals surface area contributed by atoms with Gasteiger partial charge in [0.2, 0.25) is 5.91 Å². The number of likely N-dealkylation sites (tertiary alicyclic amines) is 1. The van der Waals surface area contributed by atoms with E-state index in [1.165, 1.54) is 6.92 Å². The molecule has 8 nitrogen and oxygen atoms in total. The molecule has 2 bridgehead atoms. The monoisotopic (exact) mass is 417 g/mol. The first kappa shape index (κ1) is 21.4. The largest absolute Gasteiger partial charge is 0.477 e. The lowest BCUT2D eigenvalue weighted by Gasteiger charge is -2.36. The van der Waals surface area contributed by atoms with Crippen LogP contribution in [0.3, 0.4) is 0 Å². The number of carboxylic acids is 1. The molecule has 3 fully saturated rings. The van der Waals surface area contributed by atoms with Gasteiger partial charge < -0.3 is 19.5 Å². The molecular formula is C19H25F2NO7. The van der Waals surface area contributed by atoms with Gasteiger partial charge in [0.1, 0.15) is 6.10 Å². The Morgan fingerprint density at radius 1 is 1.21 bits per heavy atom. The summed E-state index contributed by atoms with van der Waals surface area (Å²) in [4.78, 5) is 50.0. The number of carbonyl (C=O) groups is 4. The van der Waals surface area contributed by atoms with Crippen LogP contribution >= 0.6 is 0 Å². The number of nitrogens with zero attached hydrogens (tertiary/aromatic N) is 1. The maximum Gasteiger partial charge on any atom is 0.380 e. The second-order valence-electron chi connectivity index (χ2n) is 8.83. The molecule has 6 atom stereocenters. The van der Waals surface area contributed by atoms with Gasteiger partial charge in [0.15, 0.2) is 5.60 Å². The molecule has 1 aliphatic heterocycles. The van der Waals surface area contributed by atoms with E-state index in [9.17, 15) is 28.0 Å². The van der Waals surface area contributed by atoms with Crippen molar-refractivity contribution in [3.63, 3.8) is 0 Å². The topological polar surface area (TPSA) is 110 Å².